The minimum Gasteiger partial charge on any atom is -0.368 e. The van der Waals surface area contributed by atoms with Crippen molar-refractivity contribution in [3.63, 3.8) is 0 Å². The number of aliphatic hydroxyl groups is 1. The van der Waals surface area contributed by atoms with Crippen LogP contribution in [-0.4, -0.2) is 29.8 Å². The molecule has 1 aliphatic heterocycles. The van der Waals surface area contributed by atoms with Gasteiger partial charge in [-0.2, -0.15) is 0 Å². The van der Waals surface area contributed by atoms with Gasteiger partial charge in [-0.1, -0.05) is 20.3 Å². The van der Waals surface area contributed by atoms with E-state index in [4.69, 9.17) is 20.3 Å². The van der Waals surface area contributed by atoms with Crippen molar-refractivity contribution in [1.29, 1.82) is 0 Å². The molecule has 0 aromatic carbocycles. The zero-order valence-electron chi connectivity index (χ0n) is 8.43. The van der Waals surface area contributed by atoms with Crippen molar-refractivity contribution in [1.82, 2.24) is 0 Å². The van der Waals surface area contributed by atoms with E-state index in [-0.39, 0.29) is 18.4 Å². The Balaban J connectivity index is 2.25. The third-order valence-corrected chi connectivity index (χ3v) is 2.49. The highest BCUT2D eigenvalue weighted by atomic mass is 16.8. The predicted molar refractivity (Wildman–Crippen MR) is 48.9 cm³/mol. The Morgan fingerprint density at radius 1 is 1.54 bits per heavy atom. The molecule has 0 saturated carbocycles. The molecule has 1 rings (SSSR count). The van der Waals surface area contributed by atoms with Crippen LogP contribution in [0.3, 0.4) is 0 Å². The molecule has 3 N–H and O–H groups in total. The normalized spacial score (nSPS) is 33.9. The number of hydrogen-bond acceptors (Lipinski definition) is 4. The maximum atomic E-state index is 8.92. The molecule has 13 heavy (non-hydrogen) atoms. The van der Waals surface area contributed by atoms with Crippen molar-refractivity contribution in [2.75, 3.05) is 0 Å². The van der Waals surface area contributed by atoms with Gasteiger partial charge in [0.05, 0.1) is 0 Å². The fourth-order valence-corrected chi connectivity index (χ4v) is 1.28. The van der Waals surface area contributed by atoms with Gasteiger partial charge in [-0.15, -0.1) is 0 Å². The van der Waals surface area contributed by atoms with E-state index in [1.54, 1.807) is 6.92 Å². The minimum absolute atomic E-state index is 0.00810. The van der Waals surface area contributed by atoms with Crippen molar-refractivity contribution >= 4 is 0 Å². The first kappa shape index (κ1) is 10.9. The van der Waals surface area contributed by atoms with Crippen LogP contribution in [0.25, 0.3) is 0 Å². The van der Waals surface area contributed by atoms with Gasteiger partial charge in [-0.3, -0.25) is 0 Å². The van der Waals surface area contributed by atoms with E-state index in [0.717, 1.165) is 6.42 Å². The first-order valence-electron chi connectivity index (χ1n) is 4.80. The molecule has 0 amide bonds. The van der Waals surface area contributed by atoms with Crippen LogP contribution in [0, 0.1) is 5.92 Å². The van der Waals surface area contributed by atoms with Gasteiger partial charge >= 0.3 is 0 Å². The molecule has 4 heteroatoms. The summed E-state index contributed by atoms with van der Waals surface area (Å²) in [5.74, 6) is 0.424. The third-order valence-electron chi connectivity index (χ3n) is 2.49. The highest BCUT2D eigenvalue weighted by Crippen LogP contribution is 2.30. The van der Waals surface area contributed by atoms with E-state index in [1.807, 2.05) is 0 Å². The molecule has 1 fully saturated rings. The van der Waals surface area contributed by atoms with Crippen molar-refractivity contribution in [2.24, 2.45) is 11.7 Å². The van der Waals surface area contributed by atoms with Crippen LogP contribution in [0.4, 0.5) is 0 Å². The van der Waals surface area contributed by atoms with Crippen LogP contribution in [0.5, 0.6) is 0 Å². The number of rotatable bonds is 5. The Morgan fingerprint density at radius 2 is 2.15 bits per heavy atom. The van der Waals surface area contributed by atoms with E-state index in [0.29, 0.717) is 5.92 Å². The zero-order valence-corrected chi connectivity index (χ0v) is 8.43. The summed E-state index contributed by atoms with van der Waals surface area (Å²) in [6.45, 7) is 5.75. The quantitative estimate of drug-likeness (QED) is 0.486. The Hall–Kier alpha value is -0.160. The molecular weight excluding hydrogens is 170 g/mol. The number of ether oxygens (including phenoxy) is 2. The molecule has 1 saturated heterocycles. The van der Waals surface area contributed by atoms with Crippen molar-refractivity contribution < 1.29 is 14.6 Å². The van der Waals surface area contributed by atoms with Gasteiger partial charge in [0.2, 0.25) is 0 Å². The second kappa shape index (κ2) is 4.37. The summed E-state index contributed by atoms with van der Waals surface area (Å²) in [7, 11) is 0. The van der Waals surface area contributed by atoms with Crippen LogP contribution < -0.4 is 5.73 Å². The highest BCUT2D eigenvalue weighted by Gasteiger charge is 2.46. The van der Waals surface area contributed by atoms with E-state index < -0.39 is 6.29 Å². The molecule has 5 atom stereocenters. The van der Waals surface area contributed by atoms with Crippen LogP contribution in [0.15, 0.2) is 0 Å². The topological polar surface area (TPSA) is 68.0 Å². The maximum Gasteiger partial charge on any atom is 0.189 e. The molecule has 1 heterocycles. The largest absolute Gasteiger partial charge is 0.368 e. The number of aliphatic hydroxyl groups excluding tert-OH is 1. The molecule has 0 aliphatic carbocycles. The first-order valence-corrected chi connectivity index (χ1v) is 4.80. The molecule has 0 aromatic heterocycles. The predicted octanol–water partition coefficient (Wildman–Crippen LogP) is 0.440. The number of hydrogen-bond donors (Lipinski definition) is 2. The molecule has 0 aromatic rings. The highest BCUT2D eigenvalue weighted by molar-refractivity contribution is 4.90. The summed E-state index contributed by atoms with van der Waals surface area (Å²) >= 11 is 0. The van der Waals surface area contributed by atoms with E-state index >= 15 is 0 Å². The molecular formula is C9H19NO3. The van der Waals surface area contributed by atoms with E-state index in [1.165, 1.54) is 0 Å². The fraction of sp³-hybridized carbons (Fsp3) is 1.00. The third kappa shape index (κ3) is 2.91. The summed E-state index contributed by atoms with van der Waals surface area (Å²) in [5.41, 5.74) is 5.91. The lowest BCUT2D eigenvalue weighted by molar-refractivity contribution is -0.120. The molecule has 78 valence electrons. The summed E-state index contributed by atoms with van der Waals surface area (Å²) in [4.78, 5) is 0. The first-order chi connectivity index (χ1) is 6.06. The Bertz CT molecular complexity index is 163. The molecule has 0 bridgehead atoms. The maximum absolute atomic E-state index is 8.92. The summed E-state index contributed by atoms with van der Waals surface area (Å²) in [6, 6.07) is 0.00810. The summed E-state index contributed by atoms with van der Waals surface area (Å²) < 4.78 is 10.2. The molecule has 0 spiro atoms. The lowest BCUT2D eigenvalue weighted by Gasteiger charge is -2.15. The summed E-state index contributed by atoms with van der Waals surface area (Å²) in [6.07, 6.45) is -0.0877. The van der Waals surface area contributed by atoms with Crippen LogP contribution in [-0.2, 0) is 9.47 Å². The summed E-state index contributed by atoms with van der Waals surface area (Å²) in [5, 5.41) is 8.92. The molecule has 4 nitrogen and oxygen atoms in total. The van der Waals surface area contributed by atoms with Gasteiger partial charge in [0.25, 0.3) is 0 Å². The Morgan fingerprint density at radius 3 is 2.62 bits per heavy atom. The van der Waals surface area contributed by atoms with Gasteiger partial charge in [-0.05, 0) is 12.8 Å². The Labute approximate surface area is 79.0 Å². The molecule has 1 aliphatic rings. The number of epoxide rings is 1. The van der Waals surface area contributed by atoms with Gasteiger partial charge in [-0.25, -0.2) is 0 Å². The number of nitrogens with two attached hydrogens (primary N) is 1. The molecule has 0 radical (unpaired) electrons. The Kier molecular flexibility index (Phi) is 3.67. The van der Waals surface area contributed by atoms with Crippen LogP contribution >= 0.6 is 0 Å². The SMILES string of the molecule is CC[C@H](C)[C@H](N)C1OC1OC(C)O. The fourth-order valence-electron chi connectivity index (χ4n) is 1.28. The van der Waals surface area contributed by atoms with Crippen molar-refractivity contribution in [3.05, 3.63) is 0 Å². The average molecular weight is 189 g/mol. The van der Waals surface area contributed by atoms with Crippen molar-refractivity contribution in [2.45, 2.75) is 51.9 Å². The van der Waals surface area contributed by atoms with Crippen LogP contribution in [0.1, 0.15) is 27.2 Å². The van der Waals surface area contributed by atoms with Gasteiger partial charge in [0.15, 0.2) is 12.6 Å². The monoisotopic (exact) mass is 189 g/mol. The van der Waals surface area contributed by atoms with E-state index in [9.17, 15) is 0 Å². The van der Waals surface area contributed by atoms with E-state index in [2.05, 4.69) is 13.8 Å². The standard InChI is InChI=1S/C9H19NO3/c1-4-5(2)7(10)8-9(13-8)12-6(3)11/h5-9,11H,4,10H2,1-3H3/t5-,6?,7-,8?,9?/m0/s1. The lowest BCUT2D eigenvalue weighted by atomic mass is 9.97. The van der Waals surface area contributed by atoms with Gasteiger partial charge in [0.1, 0.15) is 6.10 Å². The lowest BCUT2D eigenvalue weighted by Crippen LogP contribution is -2.35. The minimum atomic E-state index is -0.779. The van der Waals surface area contributed by atoms with Crippen LogP contribution in [0.2, 0.25) is 0 Å². The van der Waals surface area contributed by atoms with Crippen molar-refractivity contribution in [3.8, 4) is 0 Å². The molecule has 3 unspecified atom stereocenters. The second-order valence-electron chi connectivity index (χ2n) is 3.67. The second-order valence-corrected chi connectivity index (χ2v) is 3.67. The smallest absolute Gasteiger partial charge is 0.189 e. The van der Waals surface area contributed by atoms with Gasteiger partial charge < -0.3 is 20.3 Å². The zero-order chi connectivity index (χ0) is 10.0. The average Bonchev–Trinajstić information content (AvgIpc) is 2.80. The van der Waals surface area contributed by atoms with Gasteiger partial charge in [0, 0.05) is 6.04 Å².